The van der Waals surface area contributed by atoms with Crippen molar-refractivity contribution in [2.75, 3.05) is 22.9 Å². The predicted octanol–water partition coefficient (Wildman–Crippen LogP) is 6.18. The summed E-state index contributed by atoms with van der Waals surface area (Å²) in [5.41, 5.74) is 3.02. The number of anilines is 2. The number of benzene rings is 4. The van der Waals surface area contributed by atoms with Crippen LogP contribution in [0.1, 0.15) is 11.1 Å². The summed E-state index contributed by atoms with van der Waals surface area (Å²) in [6.45, 7) is 0.441. The molecule has 238 valence electrons. The van der Waals surface area contributed by atoms with E-state index in [0.717, 1.165) is 0 Å². The first kappa shape index (κ1) is 32.9. The number of ketones is 2. The quantitative estimate of drug-likeness (QED) is 0.0920. The minimum absolute atomic E-state index is 0.0569. The summed E-state index contributed by atoms with van der Waals surface area (Å²) in [5.74, 6) is -3.04. The Balaban J connectivity index is 1.31. The largest absolute Gasteiger partial charge is 0.382 e. The predicted molar refractivity (Wildman–Crippen MR) is 196 cm³/mol. The van der Waals surface area contributed by atoms with Crippen LogP contribution in [0.4, 0.5) is 11.4 Å². The molecule has 0 radical (unpaired) electrons. The van der Waals surface area contributed by atoms with Crippen molar-refractivity contribution in [1.82, 2.24) is 10.6 Å². The zero-order chi connectivity index (χ0) is 33.9. The summed E-state index contributed by atoms with van der Waals surface area (Å²) in [7, 11) is 0. The maximum absolute atomic E-state index is 13.4. The summed E-state index contributed by atoms with van der Waals surface area (Å²) in [5, 5.41) is 7.53. The molecule has 0 bridgehead atoms. The number of rotatable bonds is 9. The molecule has 2 amide bonds. The first-order valence-electron chi connectivity index (χ1n) is 14.6. The highest BCUT2D eigenvalue weighted by Crippen LogP contribution is 2.32. The van der Waals surface area contributed by atoms with E-state index in [0.29, 0.717) is 43.9 Å². The molecule has 48 heavy (non-hydrogen) atoms. The number of hydrogen-bond donors (Lipinski definition) is 2. The molecule has 2 N–H and O–H groups in total. The van der Waals surface area contributed by atoms with Crippen LogP contribution in [0.2, 0.25) is 10.0 Å². The normalized spacial score (nSPS) is 17.0. The molecule has 12 heteroatoms. The van der Waals surface area contributed by atoms with E-state index < -0.39 is 23.4 Å². The highest BCUT2D eigenvalue weighted by molar-refractivity contribution is 7.81. The van der Waals surface area contributed by atoms with Crippen LogP contribution < -0.4 is 20.4 Å². The van der Waals surface area contributed by atoms with E-state index in [-0.39, 0.29) is 34.2 Å². The number of hydrogen-bond acceptors (Lipinski definition) is 8. The number of carbonyl (C=O) groups excluding carboxylic acids is 4. The van der Waals surface area contributed by atoms with Gasteiger partial charge in [-0.15, -0.1) is 0 Å². The minimum Gasteiger partial charge on any atom is -0.382 e. The van der Waals surface area contributed by atoms with Crippen molar-refractivity contribution in [3.63, 3.8) is 0 Å². The molecule has 0 aromatic heterocycles. The molecule has 6 rings (SSSR count). The van der Waals surface area contributed by atoms with E-state index in [2.05, 4.69) is 10.6 Å². The summed E-state index contributed by atoms with van der Waals surface area (Å²) in [6.07, 6.45) is 0. The molecule has 2 aliphatic rings. The summed E-state index contributed by atoms with van der Waals surface area (Å²) < 4.78 is 0. The third-order valence-corrected chi connectivity index (χ3v) is 8.88. The van der Waals surface area contributed by atoms with Crippen LogP contribution in [0.15, 0.2) is 120 Å². The van der Waals surface area contributed by atoms with Gasteiger partial charge < -0.3 is 10.6 Å². The lowest BCUT2D eigenvalue weighted by Gasteiger charge is -2.19. The van der Waals surface area contributed by atoms with Crippen molar-refractivity contribution in [3.8, 4) is 0 Å². The standard InChI is InChI=1S/C36H24Cl2N4O4S2/c37-23-11-15-25(16-12-23)41-33(45)31(43)27(35(41)47)29(21-7-3-1-4-8-21)39-19-20-40-30(22-9-5-2-6-10-22)28-32(44)34(46)42(36(28)48)26-17-13-24(38)14-18-26/h1-18,39-40H,19-20H2/b29-27+,30-28+. The van der Waals surface area contributed by atoms with Gasteiger partial charge in [0.2, 0.25) is 0 Å². The lowest BCUT2D eigenvalue weighted by Crippen LogP contribution is -2.30. The molecule has 0 atom stereocenters. The molecule has 2 saturated heterocycles. The first-order chi connectivity index (χ1) is 23.2. The maximum atomic E-state index is 13.4. The Morgan fingerprint density at radius 3 is 1.19 bits per heavy atom. The molecule has 4 aromatic carbocycles. The van der Waals surface area contributed by atoms with Gasteiger partial charge in [0, 0.05) is 23.1 Å². The van der Waals surface area contributed by atoms with Crippen LogP contribution >= 0.6 is 47.6 Å². The molecular formula is C36H24Cl2N4O4S2. The number of carbonyl (C=O) groups is 4. The smallest absolute Gasteiger partial charge is 0.304 e. The van der Waals surface area contributed by atoms with Gasteiger partial charge in [-0.3, -0.25) is 29.0 Å². The van der Waals surface area contributed by atoms with Gasteiger partial charge in [-0.05, 0) is 59.7 Å². The van der Waals surface area contributed by atoms with Gasteiger partial charge in [0.05, 0.1) is 33.9 Å². The second-order valence-electron chi connectivity index (χ2n) is 10.6. The average Bonchev–Trinajstić information content (AvgIpc) is 3.45. The second-order valence-corrected chi connectivity index (χ2v) is 12.2. The summed E-state index contributed by atoms with van der Waals surface area (Å²) in [4.78, 5) is 55.8. The molecule has 2 heterocycles. The van der Waals surface area contributed by atoms with E-state index in [1.165, 1.54) is 9.80 Å². The third-order valence-electron chi connectivity index (χ3n) is 7.61. The first-order valence-corrected chi connectivity index (χ1v) is 16.2. The molecule has 4 aromatic rings. The van der Waals surface area contributed by atoms with Gasteiger partial charge in [-0.2, -0.15) is 0 Å². The highest BCUT2D eigenvalue weighted by Gasteiger charge is 2.43. The van der Waals surface area contributed by atoms with Crippen molar-refractivity contribution in [2.45, 2.75) is 0 Å². The van der Waals surface area contributed by atoms with Crippen LogP contribution in [0, 0.1) is 0 Å². The molecular weight excluding hydrogens is 687 g/mol. The minimum atomic E-state index is -0.773. The van der Waals surface area contributed by atoms with E-state index in [9.17, 15) is 19.2 Å². The molecule has 0 saturated carbocycles. The van der Waals surface area contributed by atoms with Crippen molar-refractivity contribution < 1.29 is 19.2 Å². The topological polar surface area (TPSA) is 98.8 Å². The van der Waals surface area contributed by atoms with Crippen molar-refractivity contribution in [3.05, 3.63) is 142 Å². The fourth-order valence-corrected chi connectivity index (χ4v) is 6.38. The Hall–Kier alpha value is -5.00. The molecule has 0 unspecified atom stereocenters. The number of nitrogens with one attached hydrogen (secondary N) is 2. The second kappa shape index (κ2) is 14.0. The number of halogens is 2. The molecule has 0 spiro atoms. The Kier molecular flexibility index (Phi) is 9.61. The monoisotopic (exact) mass is 710 g/mol. The van der Waals surface area contributed by atoms with Gasteiger partial charge in [0.25, 0.3) is 11.6 Å². The molecule has 0 aliphatic carbocycles. The van der Waals surface area contributed by atoms with Gasteiger partial charge in [0.15, 0.2) is 0 Å². The third kappa shape index (κ3) is 6.31. The van der Waals surface area contributed by atoms with E-state index in [4.69, 9.17) is 47.6 Å². The average molecular weight is 712 g/mol. The fourth-order valence-electron chi connectivity index (χ4n) is 5.36. The van der Waals surface area contributed by atoms with Crippen LogP contribution in [-0.2, 0) is 19.2 Å². The Labute approximate surface area is 296 Å². The van der Waals surface area contributed by atoms with Gasteiger partial charge in [-0.25, -0.2) is 0 Å². The summed E-state index contributed by atoms with van der Waals surface area (Å²) in [6, 6.07) is 31.1. The molecule has 2 aliphatic heterocycles. The molecule has 2 fully saturated rings. The van der Waals surface area contributed by atoms with Crippen LogP contribution in [0.25, 0.3) is 11.4 Å². The lowest BCUT2D eigenvalue weighted by atomic mass is 10.0. The Morgan fingerprint density at radius 2 is 0.854 bits per heavy atom. The Bertz CT molecular complexity index is 1900. The lowest BCUT2D eigenvalue weighted by molar-refractivity contribution is -0.132. The van der Waals surface area contributed by atoms with Gasteiger partial charge in [0.1, 0.15) is 9.98 Å². The van der Waals surface area contributed by atoms with Crippen molar-refractivity contribution in [1.29, 1.82) is 0 Å². The van der Waals surface area contributed by atoms with Crippen molar-refractivity contribution >= 4 is 104 Å². The van der Waals surface area contributed by atoms with Crippen molar-refractivity contribution in [2.24, 2.45) is 0 Å². The van der Waals surface area contributed by atoms with E-state index in [1.54, 1.807) is 72.8 Å². The summed E-state index contributed by atoms with van der Waals surface area (Å²) >= 11 is 23.5. The van der Waals surface area contributed by atoms with Gasteiger partial charge >= 0.3 is 11.8 Å². The zero-order valence-corrected chi connectivity index (χ0v) is 28.1. The number of nitrogens with zero attached hydrogens (tertiary/aromatic N) is 2. The molecule has 8 nitrogen and oxygen atoms in total. The van der Waals surface area contributed by atoms with Gasteiger partial charge in [-0.1, -0.05) is 108 Å². The van der Waals surface area contributed by atoms with E-state index >= 15 is 0 Å². The SMILES string of the molecule is O=C1C(=O)N(c2ccc(Cl)cc2)C(=S)/C1=C(/NCCN/C(=C1\C(=O)C(=O)N(c2ccc(Cl)cc2)C1=S)c1ccccc1)c1ccccc1. The van der Waals surface area contributed by atoms with E-state index in [1.807, 2.05) is 36.4 Å². The van der Waals surface area contributed by atoms with Crippen LogP contribution in [-0.4, -0.2) is 46.4 Å². The zero-order valence-electron chi connectivity index (χ0n) is 24.9. The number of amides is 2. The van der Waals surface area contributed by atoms with Crippen LogP contribution in [0.3, 0.4) is 0 Å². The Morgan fingerprint density at radius 1 is 0.521 bits per heavy atom. The van der Waals surface area contributed by atoms with Crippen LogP contribution in [0.5, 0.6) is 0 Å². The highest BCUT2D eigenvalue weighted by atomic mass is 35.5. The maximum Gasteiger partial charge on any atom is 0.304 e. The number of Topliss-reactive ketones (excluding diaryl/α,β-unsaturated/α-hetero) is 2. The number of thiocarbonyl (C=S) groups is 2. The fraction of sp³-hybridized carbons (Fsp3) is 0.0556.